The molecule has 4 aromatic carbocycles. The first-order chi connectivity index (χ1) is 20.2. The molecule has 0 bridgehead atoms. The van der Waals surface area contributed by atoms with E-state index in [1.807, 2.05) is 60.7 Å². The Kier molecular flexibility index (Phi) is 10.5. The number of carboxylic acids is 1. The molecule has 1 amide bonds. The molecule has 2 N–H and O–H groups in total. The fraction of sp³-hybridized carbons (Fsp3) is 0.278. The molecule has 0 saturated carbocycles. The van der Waals surface area contributed by atoms with Gasteiger partial charge >= 0.3 is 5.97 Å². The van der Waals surface area contributed by atoms with Gasteiger partial charge in [-0.15, -0.1) is 0 Å². The minimum absolute atomic E-state index is 0.0124. The summed E-state index contributed by atoms with van der Waals surface area (Å²) in [4.78, 5) is 27.1. The maximum atomic E-state index is 12.9. The fourth-order valence-electron chi connectivity index (χ4n) is 4.71. The molecule has 0 heterocycles. The molecule has 4 aromatic rings. The van der Waals surface area contributed by atoms with Gasteiger partial charge in [-0.05, 0) is 51.9 Å². The van der Waals surface area contributed by atoms with E-state index in [-0.39, 0.29) is 11.8 Å². The largest absolute Gasteiger partial charge is 0.492 e. The fourth-order valence-corrected chi connectivity index (χ4v) is 4.71. The molecule has 6 nitrogen and oxygen atoms in total. The summed E-state index contributed by atoms with van der Waals surface area (Å²) in [5.41, 5.74) is 4.90. The van der Waals surface area contributed by atoms with E-state index in [9.17, 15) is 14.7 Å². The van der Waals surface area contributed by atoms with Crippen LogP contribution < -0.4 is 10.1 Å². The van der Waals surface area contributed by atoms with Crippen LogP contribution in [0.5, 0.6) is 5.75 Å². The molecule has 1 unspecified atom stereocenters. The van der Waals surface area contributed by atoms with Crippen LogP contribution in [0.25, 0.3) is 0 Å². The second-order valence-corrected chi connectivity index (χ2v) is 11.6. The molecule has 6 heteroatoms. The van der Waals surface area contributed by atoms with Gasteiger partial charge in [-0.25, -0.2) is 4.79 Å². The van der Waals surface area contributed by atoms with E-state index in [0.717, 1.165) is 25.2 Å². The highest BCUT2D eigenvalue weighted by molar-refractivity contribution is 5.96. The van der Waals surface area contributed by atoms with Crippen LogP contribution in [0.15, 0.2) is 109 Å². The highest BCUT2D eigenvalue weighted by Gasteiger charge is 2.22. The number of carboxylic acid groups (broad SMARTS) is 1. The number of rotatable bonds is 13. The van der Waals surface area contributed by atoms with Crippen LogP contribution in [-0.2, 0) is 29.7 Å². The summed E-state index contributed by atoms with van der Waals surface area (Å²) in [5, 5.41) is 12.4. The Balaban J connectivity index is 1.31. The average molecular weight is 565 g/mol. The number of nitrogens with zero attached hydrogens (tertiary/aromatic N) is 1. The van der Waals surface area contributed by atoms with Crippen molar-refractivity contribution in [2.24, 2.45) is 0 Å². The number of benzene rings is 4. The second kappa shape index (κ2) is 14.5. The number of aliphatic carboxylic acids is 1. The molecular weight excluding hydrogens is 524 g/mol. The van der Waals surface area contributed by atoms with Crippen LogP contribution >= 0.6 is 0 Å². The summed E-state index contributed by atoms with van der Waals surface area (Å²) in [6, 6.07) is 34.4. The minimum atomic E-state index is -1.07. The lowest BCUT2D eigenvalue weighted by Crippen LogP contribution is -2.42. The lowest BCUT2D eigenvalue weighted by molar-refractivity contribution is -0.139. The number of ether oxygens (including phenoxy) is 1. The molecule has 0 saturated heterocycles. The van der Waals surface area contributed by atoms with Crippen LogP contribution in [0, 0.1) is 0 Å². The number of hydrogen-bond acceptors (Lipinski definition) is 4. The number of carbonyl (C=O) groups is 2. The minimum Gasteiger partial charge on any atom is -0.492 e. The van der Waals surface area contributed by atoms with E-state index >= 15 is 0 Å². The van der Waals surface area contributed by atoms with Gasteiger partial charge in [0.25, 0.3) is 5.91 Å². The zero-order valence-electron chi connectivity index (χ0n) is 24.6. The second-order valence-electron chi connectivity index (χ2n) is 11.6. The van der Waals surface area contributed by atoms with E-state index in [0.29, 0.717) is 17.9 Å². The van der Waals surface area contributed by atoms with Crippen LogP contribution in [0.3, 0.4) is 0 Å². The quantitative estimate of drug-likeness (QED) is 0.194. The van der Waals surface area contributed by atoms with Gasteiger partial charge < -0.3 is 15.2 Å². The van der Waals surface area contributed by atoms with E-state index in [2.05, 4.69) is 55.3 Å². The van der Waals surface area contributed by atoms with Gasteiger partial charge in [-0.2, -0.15) is 0 Å². The van der Waals surface area contributed by atoms with Gasteiger partial charge in [0.05, 0.1) is 0 Å². The first kappa shape index (κ1) is 30.5. The lowest BCUT2D eigenvalue weighted by atomic mass is 9.86. The van der Waals surface area contributed by atoms with Crippen molar-refractivity contribution in [2.75, 3.05) is 13.2 Å². The van der Waals surface area contributed by atoms with Gasteiger partial charge in [-0.1, -0.05) is 106 Å². The number of nitrogens with one attached hydrogen (secondary N) is 1. The van der Waals surface area contributed by atoms with E-state index in [4.69, 9.17) is 4.74 Å². The van der Waals surface area contributed by atoms with E-state index < -0.39 is 17.9 Å². The van der Waals surface area contributed by atoms with Crippen molar-refractivity contribution in [1.29, 1.82) is 0 Å². The molecule has 0 radical (unpaired) electrons. The predicted molar refractivity (Wildman–Crippen MR) is 167 cm³/mol. The summed E-state index contributed by atoms with van der Waals surface area (Å²) in [7, 11) is 0. The van der Waals surface area contributed by atoms with Gasteiger partial charge in [0, 0.05) is 31.6 Å². The molecule has 42 heavy (non-hydrogen) atoms. The standard InChI is InChI=1S/C36H40N2O4/c1-36(2,3)31-18-14-27(15-19-31)24-33(35(40)41)37-34(39)30-16-20-32(21-17-30)42-23-22-38(25-28-10-6-4-7-11-28)26-29-12-8-5-9-13-29/h4-21,33H,22-26H2,1-3H3,(H,37,39)(H,40,41). The third kappa shape index (κ3) is 9.32. The Morgan fingerprint density at radius 1 is 0.762 bits per heavy atom. The van der Waals surface area contributed by atoms with Crippen LogP contribution in [-0.4, -0.2) is 41.1 Å². The summed E-state index contributed by atoms with van der Waals surface area (Å²) >= 11 is 0. The monoisotopic (exact) mass is 564 g/mol. The summed E-state index contributed by atoms with van der Waals surface area (Å²) in [5.74, 6) is -0.851. The number of carbonyl (C=O) groups excluding carboxylic acids is 1. The third-order valence-electron chi connectivity index (χ3n) is 7.15. The Hall–Kier alpha value is -4.42. The van der Waals surface area contributed by atoms with Crippen LogP contribution in [0.4, 0.5) is 0 Å². The molecule has 0 aliphatic carbocycles. The molecule has 0 aliphatic rings. The van der Waals surface area contributed by atoms with Crippen LogP contribution in [0.1, 0.15) is 53.4 Å². The summed E-state index contributed by atoms with van der Waals surface area (Å²) in [6.45, 7) is 9.22. The maximum absolute atomic E-state index is 12.9. The lowest BCUT2D eigenvalue weighted by Gasteiger charge is -2.23. The average Bonchev–Trinajstić information content (AvgIpc) is 2.98. The van der Waals surface area contributed by atoms with Crippen molar-refractivity contribution in [3.05, 3.63) is 137 Å². The van der Waals surface area contributed by atoms with Crippen molar-refractivity contribution < 1.29 is 19.4 Å². The van der Waals surface area contributed by atoms with Crippen molar-refractivity contribution in [3.8, 4) is 5.75 Å². The summed E-state index contributed by atoms with van der Waals surface area (Å²) < 4.78 is 6.01. The zero-order chi connectivity index (χ0) is 30.0. The summed E-state index contributed by atoms with van der Waals surface area (Å²) in [6.07, 6.45) is 0.204. The first-order valence-corrected chi connectivity index (χ1v) is 14.3. The maximum Gasteiger partial charge on any atom is 0.326 e. The predicted octanol–water partition coefficient (Wildman–Crippen LogP) is 6.49. The third-order valence-corrected chi connectivity index (χ3v) is 7.15. The number of amides is 1. The van der Waals surface area contributed by atoms with E-state index in [1.54, 1.807) is 24.3 Å². The first-order valence-electron chi connectivity index (χ1n) is 14.3. The zero-order valence-corrected chi connectivity index (χ0v) is 24.6. The van der Waals surface area contributed by atoms with Gasteiger partial charge in [0.1, 0.15) is 18.4 Å². The Morgan fingerprint density at radius 2 is 1.31 bits per heavy atom. The van der Waals surface area contributed by atoms with E-state index in [1.165, 1.54) is 16.7 Å². The Morgan fingerprint density at radius 3 is 1.81 bits per heavy atom. The van der Waals surface area contributed by atoms with Gasteiger partial charge in [0.2, 0.25) is 0 Å². The molecule has 0 spiro atoms. The molecule has 1 atom stereocenters. The molecule has 0 aliphatic heterocycles. The highest BCUT2D eigenvalue weighted by Crippen LogP contribution is 2.22. The SMILES string of the molecule is CC(C)(C)c1ccc(CC(NC(=O)c2ccc(OCCN(Cc3ccccc3)Cc3ccccc3)cc2)C(=O)O)cc1. The Bertz CT molecular complexity index is 1370. The Labute approximate surface area is 249 Å². The topological polar surface area (TPSA) is 78.9 Å². The molecule has 4 rings (SSSR count). The van der Waals surface area contributed by atoms with Crippen LogP contribution in [0.2, 0.25) is 0 Å². The molecule has 0 fully saturated rings. The van der Waals surface area contributed by atoms with Crippen molar-refractivity contribution in [2.45, 2.75) is 51.7 Å². The highest BCUT2D eigenvalue weighted by atomic mass is 16.5. The normalized spacial score (nSPS) is 12.1. The van der Waals surface area contributed by atoms with Crippen molar-refractivity contribution >= 4 is 11.9 Å². The molecule has 0 aromatic heterocycles. The van der Waals surface area contributed by atoms with Crippen molar-refractivity contribution in [3.63, 3.8) is 0 Å². The smallest absolute Gasteiger partial charge is 0.326 e. The number of hydrogen-bond donors (Lipinski definition) is 2. The molecular formula is C36H40N2O4. The molecule has 218 valence electrons. The van der Waals surface area contributed by atoms with Gasteiger partial charge in [0.15, 0.2) is 0 Å². The van der Waals surface area contributed by atoms with Crippen molar-refractivity contribution in [1.82, 2.24) is 10.2 Å². The van der Waals surface area contributed by atoms with Gasteiger partial charge in [-0.3, -0.25) is 9.69 Å².